The summed E-state index contributed by atoms with van der Waals surface area (Å²) in [6.07, 6.45) is 1.31. The molecule has 1 saturated heterocycles. The number of piperazine rings is 1. The third-order valence-electron chi connectivity index (χ3n) is 5.31. The minimum absolute atomic E-state index is 0.0674. The lowest BCUT2D eigenvalue weighted by Crippen LogP contribution is -2.49. The zero-order chi connectivity index (χ0) is 20.9. The quantitative estimate of drug-likeness (QED) is 0.653. The Morgan fingerprint density at radius 1 is 0.967 bits per heavy atom. The number of halogens is 1. The van der Waals surface area contributed by atoms with Crippen molar-refractivity contribution in [3.05, 3.63) is 88.7 Å². The summed E-state index contributed by atoms with van der Waals surface area (Å²) in [5.41, 5.74) is 1.41. The third kappa shape index (κ3) is 4.63. The highest BCUT2D eigenvalue weighted by Crippen LogP contribution is 2.18. The molecule has 0 atom stereocenters. The zero-order valence-electron chi connectivity index (χ0n) is 16.6. The van der Waals surface area contributed by atoms with Crippen LogP contribution >= 0.6 is 0 Å². The summed E-state index contributed by atoms with van der Waals surface area (Å²) in [7, 11) is 0. The highest BCUT2D eigenvalue weighted by atomic mass is 19.1. The van der Waals surface area contributed by atoms with E-state index in [1.165, 1.54) is 28.6 Å². The molecule has 6 nitrogen and oxygen atoms in total. The van der Waals surface area contributed by atoms with E-state index in [4.69, 9.17) is 0 Å². The van der Waals surface area contributed by atoms with E-state index in [-0.39, 0.29) is 29.3 Å². The van der Waals surface area contributed by atoms with Gasteiger partial charge in [0.15, 0.2) is 0 Å². The third-order valence-corrected chi connectivity index (χ3v) is 5.31. The standard InChI is InChI=1S/C23H23FN4O2/c24-20-9-5-4-8-19(20)21-14-22(29)28(17-25-21)16-23(30)27-12-10-26(11-13-27)15-18-6-2-1-3-7-18/h1-9,14,17H,10-13,15-16H2. The van der Waals surface area contributed by atoms with E-state index in [0.717, 1.165) is 19.6 Å². The maximum absolute atomic E-state index is 13.9. The van der Waals surface area contributed by atoms with Crippen LogP contribution in [0.5, 0.6) is 0 Å². The Morgan fingerprint density at radius 2 is 1.67 bits per heavy atom. The van der Waals surface area contributed by atoms with E-state index < -0.39 is 5.82 Å². The molecular weight excluding hydrogens is 383 g/mol. The van der Waals surface area contributed by atoms with Gasteiger partial charge >= 0.3 is 0 Å². The second-order valence-corrected chi connectivity index (χ2v) is 7.36. The molecule has 154 valence electrons. The predicted octanol–water partition coefficient (Wildman–Crippen LogP) is 2.39. The van der Waals surface area contributed by atoms with Crippen molar-refractivity contribution in [3.8, 4) is 11.3 Å². The SMILES string of the molecule is O=C(Cn1cnc(-c2ccccc2F)cc1=O)N1CCN(Cc2ccccc2)CC1. The monoisotopic (exact) mass is 406 g/mol. The Labute approximate surface area is 174 Å². The molecule has 2 aromatic carbocycles. The van der Waals surface area contributed by atoms with Crippen molar-refractivity contribution < 1.29 is 9.18 Å². The molecule has 1 aliphatic rings. The number of benzene rings is 2. The van der Waals surface area contributed by atoms with Gasteiger partial charge in [-0.2, -0.15) is 0 Å². The van der Waals surface area contributed by atoms with Crippen LogP contribution in [0.3, 0.4) is 0 Å². The van der Waals surface area contributed by atoms with Crippen LogP contribution in [0.15, 0.2) is 71.8 Å². The minimum Gasteiger partial charge on any atom is -0.339 e. The molecule has 0 spiro atoms. The van der Waals surface area contributed by atoms with Crippen LogP contribution < -0.4 is 5.56 Å². The van der Waals surface area contributed by atoms with Gasteiger partial charge in [0.1, 0.15) is 12.4 Å². The smallest absolute Gasteiger partial charge is 0.254 e. The van der Waals surface area contributed by atoms with Crippen LogP contribution in [0.2, 0.25) is 0 Å². The maximum atomic E-state index is 13.9. The first-order valence-corrected chi connectivity index (χ1v) is 9.95. The lowest BCUT2D eigenvalue weighted by molar-refractivity contribution is -0.133. The number of nitrogens with zero attached hydrogens (tertiary/aromatic N) is 4. The van der Waals surface area contributed by atoms with Gasteiger partial charge in [0.2, 0.25) is 5.91 Å². The molecule has 1 aliphatic heterocycles. The zero-order valence-corrected chi connectivity index (χ0v) is 16.6. The number of rotatable bonds is 5. The number of aromatic nitrogens is 2. The number of carbonyl (C=O) groups is 1. The molecule has 7 heteroatoms. The van der Waals surface area contributed by atoms with Gasteiger partial charge in [-0.3, -0.25) is 19.1 Å². The Balaban J connectivity index is 1.35. The topological polar surface area (TPSA) is 58.4 Å². The summed E-state index contributed by atoms with van der Waals surface area (Å²) in [5.74, 6) is -0.552. The summed E-state index contributed by atoms with van der Waals surface area (Å²) in [6.45, 7) is 3.63. The molecular formula is C23H23FN4O2. The van der Waals surface area contributed by atoms with Crippen molar-refractivity contribution in [2.75, 3.05) is 26.2 Å². The van der Waals surface area contributed by atoms with Gasteiger partial charge in [0.05, 0.1) is 12.0 Å². The second-order valence-electron chi connectivity index (χ2n) is 7.36. The van der Waals surface area contributed by atoms with Crippen molar-refractivity contribution in [2.24, 2.45) is 0 Å². The Morgan fingerprint density at radius 3 is 2.37 bits per heavy atom. The number of amides is 1. The molecule has 0 radical (unpaired) electrons. The molecule has 1 fully saturated rings. The van der Waals surface area contributed by atoms with Gasteiger partial charge in [-0.15, -0.1) is 0 Å². The molecule has 0 saturated carbocycles. The average Bonchev–Trinajstić information content (AvgIpc) is 2.77. The average molecular weight is 406 g/mol. The van der Waals surface area contributed by atoms with Crippen molar-refractivity contribution >= 4 is 5.91 Å². The van der Waals surface area contributed by atoms with E-state index in [2.05, 4.69) is 22.0 Å². The molecule has 0 bridgehead atoms. The maximum Gasteiger partial charge on any atom is 0.254 e. The van der Waals surface area contributed by atoms with E-state index in [0.29, 0.717) is 13.1 Å². The van der Waals surface area contributed by atoms with Crippen LogP contribution in [0.4, 0.5) is 4.39 Å². The van der Waals surface area contributed by atoms with E-state index >= 15 is 0 Å². The summed E-state index contributed by atoms with van der Waals surface area (Å²) in [5, 5.41) is 0. The molecule has 1 aromatic heterocycles. The second kappa shape index (κ2) is 9.00. The summed E-state index contributed by atoms with van der Waals surface area (Å²) < 4.78 is 15.2. The summed E-state index contributed by atoms with van der Waals surface area (Å²) >= 11 is 0. The number of hydrogen-bond acceptors (Lipinski definition) is 4. The number of hydrogen-bond donors (Lipinski definition) is 0. The molecule has 1 amide bonds. The van der Waals surface area contributed by atoms with Crippen LogP contribution in [0.1, 0.15) is 5.56 Å². The lowest BCUT2D eigenvalue weighted by atomic mass is 10.1. The lowest BCUT2D eigenvalue weighted by Gasteiger charge is -2.34. The molecule has 30 heavy (non-hydrogen) atoms. The van der Waals surface area contributed by atoms with Crippen molar-refractivity contribution in [3.63, 3.8) is 0 Å². The van der Waals surface area contributed by atoms with Gasteiger partial charge in [-0.05, 0) is 17.7 Å². The van der Waals surface area contributed by atoms with E-state index in [1.807, 2.05) is 18.2 Å². The van der Waals surface area contributed by atoms with Crippen LogP contribution in [0.25, 0.3) is 11.3 Å². The Hall–Kier alpha value is -3.32. The molecule has 0 aliphatic carbocycles. The van der Waals surface area contributed by atoms with Crippen molar-refractivity contribution in [2.45, 2.75) is 13.1 Å². The van der Waals surface area contributed by atoms with Crippen molar-refractivity contribution in [1.29, 1.82) is 0 Å². The molecule has 3 aromatic rings. The first-order chi connectivity index (χ1) is 14.6. The van der Waals surface area contributed by atoms with Gasteiger partial charge in [0, 0.05) is 44.4 Å². The fraction of sp³-hybridized carbons (Fsp3) is 0.261. The molecule has 0 unspecified atom stereocenters. The predicted molar refractivity (Wildman–Crippen MR) is 112 cm³/mol. The Kier molecular flexibility index (Phi) is 5.99. The highest BCUT2D eigenvalue weighted by Gasteiger charge is 2.21. The Bertz CT molecular complexity index is 1080. The van der Waals surface area contributed by atoms with Crippen LogP contribution in [0, 0.1) is 5.82 Å². The van der Waals surface area contributed by atoms with Gasteiger partial charge in [0.25, 0.3) is 5.56 Å². The molecule has 0 N–H and O–H groups in total. The minimum atomic E-state index is -0.438. The highest BCUT2D eigenvalue weighted by molar-refractivity contribution is 5.76. The first kappa shape index (κ1) is 20.0. The molecule has 4 rings (SSSR count). The largest absolute Gasteiger partial charge is 0.339 e. The fourth-order valence-corrected chi connectivity index (χ4v) is 3.60. The number of carbonyl (C=O) groups excluding carboxylic acids is 1. The summed E-state index contributed by atoms with van der Waals surface area (Å²) in [4.78, 5) is 33.3. The van der Waals surface area contributed by atoms with Crippen molar-refractivity contribution in [1.82, 2.24) is 19.4 Å². The normalized spacial score (nSPS) is 14.6. The molecule has 2 heterocycles. The fourth-order valence-electron chi connectivity index (χ4n) is 3.60. The summed E-state index contributed by atoms with van der Waals surface area (Å²) in [6, 6.07) is 17.7. The van der Waals surface area contributed by atoms with Gasteiger partial charge in [-0.1, -0.05) is 42.5 Å². The van der Waals surface area contributed by atoms with Crippen LogP contribution in [-0.4, -0.2) is 51.4 Å². The van der Waals surface area contributed by atoms with Gasteiger partial charge < -0.3 is 4.90 Å². The van der Waals surface area contributed by atoms with E-state index in [9.17, 15) is 14.0 Å². The van der Waals surface area contributed by atoms with Gasteiger partial charge in [-0.25, -0.2) is 9.37 Å². The van der Waals surface area contributed by atoms with Crippen LogP contribution in [-0.2, 0) is 17.9 Å². The van der Waals surface area contributed by atoms with E-state index in [1.54, 1.807) is 23.1 Å². The first-order valence-electron chi connectivity index (χ1n) is 9.95.